The minimum absolute atomic E-state index is 0.0427. The smallest absolute Gasteiger partial charge is 0.227 e. The van der Waals surface area contributed by atoms with Crippen LogP contribution in [-0.2, 0) is 22.4 Å². The average Bonchev–Trinajstić information content (AvgIpc) is 2.76. The number of benzene rings is 2. The number of nitrogens with zero attached hydrogens (tertiary/aromatic N) is 1. The first kappa shape index (κ1) is 25.1. The van der Waals surface area contributed by atoms with Gasteiger partial charge in [0.1, 0.15) is 11.5 Å². The quantitative estimate of drug-likeness (QED) is 0.450. The van der Waals surface area contributed by atoms with Crippen LogP contribution >= 0.6 is 0 Å². The summed E-state index contributed by atoms with van der Waals surface area (Å²) in [5.74, 6) is -2.69. The lowest BCUT2D eigenvalue weighted by atomic mass is 9.89. The topological polar surface area (TPSA) is 117 Å². The van der Waals surface area contributed by atoms with E-state index in [2.05, 4.69) is 0 Å². The second kappa shape index (κ2) is 11.4. The molecule has 174 valence electrons. The van der Waals surface area contributed by atoms with Crippen LogP contribution in [0.2, 0.25) is 0 Å². The van der Waals surface area contributed by atoms with Gasteiger partial charge in [0.2, 0.25) is 5.91 Å². The number of carbonyl (C=O) groups is 2. The van der Waals surface area contributed by atoms with Crippen LogP contribution in [0.1, 0.15) is 34.0 Å². The molecule has 0 aliphatic heterocycles. The Bertz CT molecular complexity index is 977. The van der Waals surface area contributed by atoms with Gasteiger partial charge in [-0.05, 0) is 35.7 Å². The third-order valence-electron chi connectivity index (χ3n) is 5.12. The molecule has 0 fully saturated rings. The van der Waals surface area contributed by atoms with Gasteiger partial charge in [0, 0.05) is 31.8 Å². The molecule has 0 aliphatic carbocycles. The second-order valence-corrected chi connectivity index (χ2v) is 7.05. The fourth-order valence-electron chi connectivity index (χ4n) is 3.49. The van der Waals surface area contributed by atoms with Crippen LogP contribution in [0.3, 0.4) is 0 Å². The van der Waals surface area contributed by atoms with Crippen molar-refractivity contribution < 1.29 is 38.8 Å². The predicted molar refractivity (Wildman–Crippen MR) is 115 cm³/mol. The normalized spacial score (nSPS) is 10.8. The van der Waals surface area contributed by atoms with E-state index in [9.17, 15) is 29.3 Å². The lowest BCUT2D eigenvalue weighted by Crippen LogP contribution is -2.37. The summed E-state index contributed by atoms with van der Waals surface area (Å²) in [5, 5.41) is 30.1. The van der Waals surface area contributed by atoms with E-state index in [0.29, 0.717) is 5.56 Å². The maximum absolute atomic E-state index is 14.2. The fraction of sp³-hybridized carbons (Fsp3) is 0.391. The monoisotopic (exact) mass is 449 g/mol. The number of hydrogen-bond acceptors (Lipinski definition) is 7. The summed E-state index contributed by atoms with van der Waals surface area (Å²) in [6.07, 6.45) is -0.0292. The molecule has 0 aromatic heterocycles. The number of aliphatic hydroxyl groups excluding tert-OH is 1. The zero-order valence-electron chi connectivity index (χ0n) is 18.4. The zero-order chi connectivity index (χ0) is 23.8. The van der Waals surface area contributed by atoms with Crippen LogP contribution in [0.4, 0.5) is 4.39 Å². The molecular formula is C23H28FNO7. The molecule has 2 aromatic carbocycles. The van der Waals surface area contributed by atoms with Gasteiger partial charge in [-0.3, -0.25) is 9.59 Å². The van der Waals surface area contributed by atoms with E-state index in [-0.39, 0.29) is 67.3 Å². The molecule has 0 heterocycles. The highest BCUT2D eigenvalue weighted by Crippen LogP contribution is 2.35. The number of amides is 1. The molecule has 0 aliphatic rings. The van der Waals surface area contributed by atoms with E-state index in [1.165, 1.54) is 31.3 Å². The number of methoxy groups -OCH3 is 2. The van der Waals surface area contributed by atoms with E-state index >= 15 is 0 Å². The van der Waals surface area contributed by atoms with Crippen LogP contribution in [0.15, 0.2) is 24.3 Å². The van der Waals surface area contributed by atoms with Crippen molar-refractivity contribution in [3.63, 3.8) is 0 Å². The van der Waals surface area contributed by atoms with Crippen molar-refractivity contribution in [3.05, 3.63) is 52.3 Å². The van der Waals surface area contributed by atoms with Gasteiger partial charge in [-0.2, -0.15) is 0 Å². The van der Waals surface area contributed by atoms with Gasteiger partial charge in [-0.1, -0.05) is 6.92 Å². The Morgan fingerprint density at radius 2 is 1.78 bits per heavy atom. The first-order valence-corrected chi connectivity index (χ1v) is 10.1. The van der Waals surface area contributed by atoms with E-state index in [1.54, 1.807) is 6.92 Å². The van der Waals surface area contributed by atoms with E-state index < -0.39 is 23.3 Å². The number of rotatable bonds is 11. The van der Waals surface area contributed by atoms with Crippen molar-refractivity contribution in [1.82, 2.24) is 4.90 Å². The van der Waals surface area contributed by atoms with Crippen LogP contribution < -0.4 is 4.74 Å². The summed E-state index contributed by atoms with van der Waals surface area (Å²) >= 11 is 0. The second-order valence-electron chi connectivity index (χ2n) is 7.05. The first-order valence-electron chi connectivity index (χ1n) is 10.1. The van der Waals surface area contributed by atoms with Crippen molar-refractivity contribution in [2.24, 2.45) is 0 Å². The number of carbonyl (C=O) groups excluding carboxylic acids is 2. The average molecular weight is 449 g/mol. The Morgan fingerprint density at radius 1 is 1.06 bits per heavy atom. The molecule has 8 nitrogen and oxygen atoms in total. The molecule has 0 saturated carbocycles. The minimum atomic E-state index is -0.751. The van der Waals surface area contributed by atoms with Gasteiger partial charge < -0.3 is 29.7 Å². The van der Waals surface area contributed by atoms with Crippen LogP contribution in [0.25, 0.3) is 0 Å². The summed E-state index contributed by atoms with van der Waals surface area (Å²) in [4.78, 5) is 27.6. The maximum atomic E-state index is 14.2. The highest BCUT2D eigenvalue weighted by atomic mass is 19.1. The van der Waals surface area contributed by atoms with Crippen LogP contribution in [-0.4, -0.2) is 72.4 Å². The largest absolute Gasteiger partial charge is 0.508 e. The maximum Gasteiger partial charge on any atom is 0.227 e. The van der Waals surface area contributed by atoms with Crippen molar-refractivity contribution in [1.29, 1.82) is 0 Å². The molecule has 0 bridgehead atoms. The molecule has 9 heteroatoms. The number of aromatic hydroxyl groups is 2. The molecule has 0 atom stereocenters. The number of phenols is 2. The van der Waals surface area contributed by atoms with E-state index in [1.807, 2.05) is 0 Å². The van der Waals surface area contributed by atoms with Gasteiger partial charge in [0.15, 0.2) is 17.3 Å². The first-order chi connectivity index (χ1) is 15.3. The molecule has 0 unspecified atom stereocenters. The number of ketones is 1. The Balaban J connectivity index is 2.55. The summed E-state index contributed by atoms with van der Waals surface area (Å²) < 4.78 is 24.0. The third-order valence-corrected chi connectivity index (χ3v) is 5.12. The van der Waals surface area contributed by atoms with Crippen molar-refractivity contribution >= 4 is 11.7 Å². The summed E-state index contributed by atoms with van der Waals surface area (Å²) in [6, 6.07) is 4.67. The number of hydrogen-bond donors (Lipinski definition) is 3. The highest BCUT2D eigenvalue weighted by Gasteiger charge is 2.27. The standard InChI is InChI=1S/C23H28FNO7/c1-4-15-16(12-21(29)25(7-9-26)8-10-31-2)22(19(28)13-18(15)27)23(30)14-5-6-20(32-3)17(24)11-14/h5-6,11,13,26-28H,4,7-10,12H2,1-3H3. The van der Waals surface area contributed by atoms with Gasteiger partial charge in [-0.15, -0.1) is 0 Å². The Morgan fingerprint density at radius 3 is 2.34 bits per heavy atom. The lowest BCUT2D eigenvalue weighted by Gasteiger charge is -2.23. The number of halogens is 1. The van der Waals surface area contributed by atoms with Crippen molar-refractivity contribution in [2.75, 3.05) is 40.5 Å². The van der Waals surface area contributed by atoms with Gasteiger partial charge in [-0.25, -0.2) is 4.39 Å². The van der Waals surface area contributed by atoms with Gasteiger partial charge in [0.25, 0.3) is 0 Å². The van der Waals surface area contributed by atoms with E-state index in [0.717, 1.165) is 12.1 Å². The van der Waals surface area contributed by atoms with Crippen LogP contribution in [0.5, 0.6) is 17.2 Å². The fourth-order valence-corrected chi connectivity index (χ4v) is 3.49. The Labute approximate surface area is 185 Å². The third kappa shape index (κ3) is 5.54. The molecule has 1 amide bonds. The Kier molecular flexibility index (Phi) is 8.98. The van der Waals surface area contributed by atoms with Crippen molar-refractivity contribution in [3.8, 4) is 17.2 Å². The molecule has 2 rings (SSSR count). The predicted octanol–water partition coefficient (Wildman–Crippen LogP) is 2.05. The molecule has 0 spiro atoms. The SMILES string of the molecule is CCc1c(O)cc(O)c(C(=O)c2ccc(OC)c(F)c2)c1CC(=O)N(CCO)CCOC. The number of aliphatic hydroxyl groups is 1. The van der Waals surface area contributed by atoms with Gasteiger partial charge in [0.05, 0.1) is 32.3 Å². The summed E-state index contributed by atoms with van der Waals surface area (Å²) in [5.41, 5.74) is 0.237. The minimum Gasteiger partial charge on any atom is -0.508 e. The molecule has 3 N–H and O–H groups in total. The van der Waals surface area contributed by atoms with Gasteiger partial charge >= 0.3 is 0 Å². The van der Waals surface area contributed by atoms with E-state index in [4.69, 9.17) is 9.47 Å². The zero-order valence-corrected chi connectivity index (χ0v) is 18.4. The highest BCUT2D eigenvalue weighted by molar-refractivity contribution is 6.12. The molecule has 32 heavy (non-hydrogen) atoms. The molecule has 0 saturated heterocycles. The molecular weight excluding hydrogens is 421 g/mol. The summed E-state index contributed by atoms with van der Waals surface area (Å²) in [7, 11) is 2.78. The summed E-state index contributed by atoms with van der Waals surface area (Å²) in [6.45, 7) is 1.99. The van der Waals surface area contributed by atoms with Crippen molar-refractivity contribution in [2.45, 2.75) is 19.8 Å². The molecule has 0 radical (unpaired) electrons. The molecule has 2 aromatic rings. The number of phenolic OH excluding ortho intramolecular Hbond substituents is 2. The lowest BCUT2D eigenvalue weighted by molar-refractivity contribution is -0.131. The Hall–Kier alpha value is -3.17. The van der Waals surface area contributed by atoms with Crippen LogP contribution in [0, 0.1) is 5.82 Å². The number of ether oxygens (including phenoxy) is 2.